The molecule has 0 bridgehead atoms. The highest BCUT2D eigenvalue weighted by Crippen LogP contribution is 2.40. The quantitative estimate of drug-likeness (QED) is 0.365. The van der Waals surface area contributed by atoms with E-state index in [0.717, 1.165) is 58.6 Å². The Bertz CT molecular complexity index is 1580. The van der Waals surface area contributed by atoms with Crippen LogP contribution in [0.15, 0.2) is 53.5 Å². The highest BCUT2D eigenvalue weighted by Gasteiger charge is 2.38. The van der Waals surface area contributed by atoms with Crippen molar-refractivity contribution in [1.29, 1.82) is 0 Å². The van der Waals surface area contributed by atoms with Crippen LogP contribution in [0, 0.1) is 24.0 Å². The summed E-state index contributed by atoms with van der Waals surface area (Å²) in [6.45, 7) is 14.0. The first-order valence-corrected chi connectivity index (χ1v) is 13.0. The van der Waals surface area contributed by atoms with Crippen LogP contribution >= 0.6 is 0 Å². The highest BCUT2D eigenvalue weighted by molar-refractivity contribution is 6.01. The predicted octanol–water partition coefficient (Wildman–Crippen LogP) is 4.35. The van der Waals surface area contributed by atoms with Crippen molar-refractivity contribution in [2.24, 2.45) is 11.1 Å². The van der Waals surface area contributed by atoms with E-state index in [-0.39, 0.29) is 17.0 Å². The van der Waals surface area contributed by atoms with Crippen LogP contribution < -0.4 is 21.5 Å². The molecule has 0 aliphatic carbocycles. The van der Waals surface area contributed by atoms with Crippen molar-refractivity contribution in [3.8, 4) is 5.69 Å². The number of para-hydroxylation sites is 1. The Balaban J connectivity index is 0.000000201. The summed E-state index contributed by atoms with van der Waals surface area (Å²) < 4.78 is 29.5. The molecule has 1 saturated heterocycles. The molecule has 3 heterocycles. The van der Waals surface area contributed by atoms with E-state index in [1.54, 1.807) is 6.92 Å². The second-order valence-electron chi connectivity index (χ2n) is 11.7. The van der Waals surface area contributed by atoms with Crippen LogP contribution in [0.5, 0.6) is 0 Å². The Morgan fingerprint density at radius 2 is 1.73 bits per heavy atom. The summed E-state index contributed by atoms with van der Waals surface area (Å²) in [6, 6.07) is 10.1. The van der Waals surface area contributed by atoms with Crippen molar-refractivity contribution in [3.05, 3.63) is 76.3 Å². The molecule has 11 heteroatoms. The van der Waals surface area contributed by atoms with Crippen LogP contribution in [0.2, 0.25) is 0 Å². The molecule has 2 aromatic carbocycles. The van der Waals surface area contributed by atoms with Gasteiger partial charge in [0, 0.05) is 36.8 Å². The SMILES string of the molecule is CC1(C)CN(c2c(NC=O)ccc3nn(C(C)(C)C)cc23)CC1N.Cc1ccc(=O)n(-c2c(F)cccc2F)n1. The summed E-state index contributed by atoms with van der Waals surface area (Å²) in [5.41, 5.74) is 8.47. The molecule has 0 spiro atoms. The van der Waals surface area contributed by atoms with E-state index in [0.29, 0.717) is 5.69 Å². The van der Waals surface area contributed by atoms with Gasteiger partial charge in [-0.05, 0) is 63.4 Å². The molecule has 40 heavy (non-hydrogen) atoms. The maximum atomic E-state index is 13.4. The number of carbonyl (C=O) groups is 1. The average Bonchev–Trinajstić information content (AvgIpc) is 3.42. The summed E-state index contributed by atoms with van der Waals surface area (Å²) in [7, 11) is 0. The molecule has 1 aliphatic heterocycles. The third kappa shape index (κ3) is 5.74. The van der Waals surface area contributed by atoms with Gasteiger partial charge in [-0.15, -0.1) is 0 Å². The molecular weight excluding hydrogens is 516 g/mol. The van der Waals surface area contributed by atoms with E-state index in [9.17, 15) is 18.4 Å². The molecule has 1 atom stereocenters. The van der Waals surface area contributed by atoms with Crippen LogP contribution in [0.4, 0.5) is 20.2 Å². The molecule has 0 radical (unpaired) electrons. The second-order valence-corrected chi connectivity index (χ2v) is 11.7. The van der Waals surface area contributed by atoms with Gasteiger partial charge in [0.25, 0.3) is 5.56 Å². The van der Waals surface area contributed by atoms with Crippen LogP contribution in [0.25, 0.3) is 16.6 Å². The molecule has 1 aliphatic rings. The number of rotatable bonds is 4. The first-order chi connectivity index (χ1) is 18.7. The van der Waals surface area contributed by atoms with E-state index in [1.807, 2.05) is 16.8 Å². The number of anilines is 2. The zero-order valence-corrected chi connectivity index (χ0v) is 23.6. The van der Waals surface area contributed by atoms with Gasteiger partial charge in [-0.3, -0.25) is 14.3 Å². The lowest BCUT2D eigenvalue weighted by atomic mass is 9.89. The fraction of sp³-hybridized carbons (Fsp3) is 0.379. The van der Waals surface area contributed by atoms with E-state index >= 15 is 0 Å². The fourth-order valence-corrected chi connectivity index (χ4v) is 4.63. The summed E-state index contributed by atoms with van der Waals surface area (Å²) in [4.78, 5) is 24.8. The minimum Gasteiger partial charge on any atom is -0.367 e. The lowest BCUT2D eigenvalue weighted by molar-refractivity contribution is -0.105. The molecule has 5 rings (SSSR count). The zero-order valence-electron chi connectivity index (χ0n) is 23.6. The maximum absolute atomic E-state index is 13.4. The molecule has 1 unspecified atom stereocenters. The average molecular weight is 552 g/mol. The van der Waals surface area contributed by atoms with E-state index in [4.69, 9.17) is 10.8 Å². The number of nitrogens with zero attached hydrogens (tertiary/aromatic N) is 5. The molecule has 1 fully saturated rings. The van der Waals surface area contributed by atoms with Gasteiger partial charge in [0.2, 0.25) is 6.41 Å². The first-order valence-electron chi connectivity index (χ1n) is 13.0. The van der Waals surface area contributed by atoms with Crippen LogP contribution in [-0.4, -0.2) is 45.1 Å². The number of amides is 1. The molecule has 2 aromatic heterocycles. The number of benzene rings is 2. The Morgan fingerprint density at radius 3 is 2.30 bits per heavy atom. The Labute approximate surface area is 231 Å². The number of nitrogens with two attached hydrogens (primary N) is 1. The zero-order chi connectivity index (χ0) is 29.4. The van der Waals surface area contributed by atoms with Crippen LogP contribution in [-0.2, 0) is 10.3 Å². The normalized spacial score (nSPS) is 16.5. The van der Waals surface area contributed by atoms with E-state index in [1.165, 1.54) is 18.2 Å². The third-order valence-electron chi connectivity index (χ3n) is 6.98. The summed E-state index contributed by atoms with van der Waals surface area (Å²) >= 11 is 0. The van der Waals surface area contributed by atoms with Gasteiger partial charge < -0.3 is 16.0 Å². The number of hydrogen-bond acceptors (Lipinski definition) is 6. The standard InChI is InChI=1S/C18H27N5O.C11H8F2N2O/c1-17(2,3)23-8-12-13(21-23)6-7-14(20-11-24)16(12)22-9-15(19)18(4,5)10-22;1-7-5-6-10(16)15(14-7)11-8(12)3-2-4-9(11)13/h6-8,11,15H,9-10,19H2,1-5H3,(H,20,24);2-6H,1H3. The monoisotopic (exact) mass is 551 g/mol. The van der Waals surface area contributed by atoms with Gasteiger partial charge in [-0.1, -0.05) is 19.9 Å². The topological polar surface area (TPSA) is 111 Å². The molecule has 3 N–H and O–H groups in total. The van der Waals surface area contributed by atoms with E-state index < -0.39 is 22.9 Å². The number of aromatic nitrogens is 4. The number of fused-ring (bicyclic) bond motifs is 1. The predicted molar refractivity (Wildman–Crippen MR) is 153 cm³/mol. The molecule has 0 saturated carbocycles. The molecule has 9 nitrogen and oxygen atoms in total. The number of halogens is 2. The number of nitrogens with one attached hydrogen (secondary N) is 1. The van der Waals surface area contributed by atoms with Crippen molar-refractivity contribution in [2.75, 3.05) is 23.3 Å². The van der Waals surface area contributed by atoms with Crippen molar-refractivity contribution in [2.45, 2.75) is 53.1 Å². The Morgan fingerprint density at radius 1 is 1.05 bits per heavy atom. The largest absolute Gasteiger partial charge is 0.367 e. The van der Waals surface area contributed by atoms with Gasteiger partial charge in [-0.25, -0.2) is 8.78 Å². The minimum atomic E-state index is -0.819. The Hall–Kier alpha value is -4.12. The third-order valence-corrected chi connectivity index (χ3v) is 6.98. The van der Waals surface area contributed by atoms with Crippen LogP contribution in [0.1, 0.15) is 40.3 Å². The molecule has 1 amide bonds. The first kappa shape index (κ1) is 28.9. The summed E-state index contributed by atoms with van der Waals surface area (Å²) in [5.74, 6) is -1.64. The summed E-state index contributed by atoms with van der Waals surface area (Å²) in [5, 5.41) is 12.4. The lowest BCUT2D eigenvalue weighted by Gasteiger charge is -2.24. The van der Waals surface area contributed by atoms with Gasteiger partial charge in [0.1, 0.15) is 5.69 Å². The molecule has 4 aromatic rings. The number of hydrogen-bond donors (Lipinski definition) is 2. The minimum absolute atomic E-state index is 0.0284. The van der Waals surface area contributed by atoms with Gasteiger partial charge in [-0.2, -0.15) is 14.9 Å². The number of carbonyl (C=O) groups excluding carboxylic acids is 1. The molecule has 212 valence electrons. The van der Waals surface area contributed by atoms with Gasteiger partial charge in [0.05, 0.1) is 28.1 Å². The van der Waals surface area contributed by atoms with Crippen molar-refractivity contribution in [1.82, 2.24) is 19.6 Å². The van der Waals surface area contributed by atoms with Crippen LogP contribution in [0.3, 0.4) is 0 Å². The highest BCUT2D eigenvalue weighted by atomic mass is 19.1. The smallest absolute Gasteiger partial charge is 0.271 e. The maximum Gasteiger partial charge on any atom is 0.271 e. The Kier molecular flexibility index (Phi) is 7.80. The summed E-state index contributed by atoms with van der Waals surface area (Å²) in [6.07, 6.45) is 2.79. The lowest BCUT2D eigenvalue weighted by Crippen LogP contribution is -2.35. The fourth-order valence-electron chi connectivity index (χ4n) is 4.63. The van der Waals surface area contributed by atoms with Crippen molar-refractivity contribution >= 4 is 28.7 Å². The van der Waals surface area contributed by atoms with Crippen molar-refractivity contribution < 1.29 is 13.6 Å². The molecular formula is C29H35F2N7O2. The van der Waals surface area contributed by atoms with Crippen molar-refractivity contribution in [3.63, 3.8) is 0 Å². The van der Waals surface area contributed by atoms with Gasteiger partial charge in [0.15, 0.2) is 11.6 Å². The van der Waals surface area contributed by atoms with Gasteiger partial charge >= 0.3 is 0 Å². The number of aryl methyl sites for hydroxylation is 1. The second kappa shape index (κ2) is 10.8. The van der Waals surface area contributed by atoms with E-state index in [2.05, 4.69) is 56.1 Å².